The Kier molecular flexibility index (Phi) is 6.00. The topological polar surface area (TPSA) is 73.2 Å². The fourth-order valence-electron chi connectivity index (χ4n) is 3.65. The van der Waals surface area contributed by atoms with Gasteiger partial charge in [-0.3, -0.25) is 0 Å². The van der Waals surface area contributed by atoms with Crippen molar-refractivity contribution in [3.8, 4) is 0 Å². The van der Waals surface area contributed by atoms with Gasteiger partial charge >= 0.3 is 6.09 Å². The first kappa shape index (κ1) is 21.0. The number of alkyl carbamates (subject to hydrolysis) is 1. The number of benzene rings is 1. The van der Waals surface area contributed by atoms with E-state index in [1.807, 2.05) is 4.57 Å². The lowest BCUT2D eigenvalue weighted by molar-refractivity contribution is -0.107. The van der Waals surface area contributed by atoms with Gasteiger partial charge in [-0.1, -0.05) is 12.1 Å². The normalized spacial score (nSPS) is 19.2. The van der Waals surface area contributed by atoms with Crippen molar-refractivity contribution < 1.29 is 23.1 Å². The summed E-state index contributed by atoms with van der Waals surface area (Å²) in [6.45, 7) is 5.65. The molecule has 8 heteroatoms. The highest BCUT2D eigenvalue weighted by atomic mass is 19.2. The highest BCUT2D eigenvalue weighted by molar-refractivity contribution is 5.68. The van der Waals surface area contributed by atoms with E-state index in [-0.39, 0.29) is 17.9 Å². The number of aldehydes is 1. The number of carbonyl (C=O) groups excluding carboxylic acids is 2. The minimum absolute atomic E-state index is 0.143. The van der Waals surface area contributed by atoms with Gasteiger partial charge in [0, 0.05) is 30.8 Å². The molecule has 1 aliphatic rings. The Hall–Kier alpha value is -2.77. The molecule has 0 fully saturated rings. The van der Waals surface area contributed by atoms with Gasteiger partial charge < -0.3 is 19.4 Å². The van der Waals surface area contributed by atoms with Crippen molar-refractivity contribution in [2.24, 2.45) is 0 Å². The van der Waals surface area contributed by atoms with E-state index in [1.165, 1.54) is 6.07 Å². The molecule has 3 rings (SSSR count). The molecular weight excluding hydrogens is 380 g/mol. The van der Waals surface area contributed by atoms with E-state index in [0.29, 0.717) is 30.9 Å². The maximum atomic E-state index is 14.4. The fourth-order valence-corrected chi connectivity index (χ4v) is 3.65. The van der Waals surface area contributed by atoms with Gasteiger partial charge in [-0.15, -0.1) is 0 Å². The van der Waals surface area contributed by atoms with Crippen LogP contribution in [0.4, 0.5) is 13.6 Å². The second kappa shape index (κ2) is 8.31. The molecule has 2 atom stereocenters. The number of fused-ring (bicyclic) bond motifs is 1. The monoisotopic (exact) mass is 405 g/mol. The lowest BCUT2D eigenvalue weighted by Crippen LogP contribution is -2.35. The Morgan fingerprint density at radius 2 is 2.10 bits per heavy atom. The van der Waals surface area contributed by atoms with Crippen molar-refractivity contribution in [3.05, 3.63) is 53.1 Å². The molecule has 0 aliphatic carbocycles. The molecule has 2 aromatic rings. The zero-order chi connectivity index (χ0) is 21.2. The molecule has 2 heterocycles. The summed E-state index contributed by atoms with van der Waals surface area (Å²) in [5.74, 6) is -1.51. The number of halogens is 2. The zero-order valence-corrected chi connectivity index (χ0v) is 16.7. The molecule has 0 radical (unpaired) electrons. The van der Waals surface area contributed by atoms with Crippen LogP contribution in [0.25, 0.3) is 0 Å². The molecule has 1 aromatic carbocycles. The van der Waals surface area contributed by atoms with Gasteiger partial charge in [-0.25, -0.2) is 18.6 Å². The third-order valence-corrected chi connectivity index (χ3v) is 4.89. The number of hydrogen-bond donors (Lipinski definition) is 1. The summed E-state index contributed by atoms with van der Waals surface area (Å²) in [5.41, 5.74) is 0.287. The van der Waals surface area contributed by atoms with Crippen LogP contribution in [0.1, 0.15) is 62.7 Å². The molecule has 156 valence electrons. The Morgan fingerprint density at radius 3 is 2.79 bits per heavy atom. The highest BCUT2D eigenvalue weighted by Gasteiger charge is 2.31. The van der Waals surface area contributed by atoms with Gasteiger partial charge in [-0.2, -0.15) is 0 Å². The number of carbonyl (C=O) groups is 2. The number of nitrogens with zero attached hydrogens (tertiary/aromatic N) is 2. The van der Waals surface area contributed by atoms with Crippen molar-refractivity contribution in [2.45, 2.75) is 64.1 Å². The van der Waals surface area contributed by atoms with Crippen LogP contribution in [0.5, 0.6) is 0 Å². The Bertz CT molecular complexity index is 905. The van der Waals surface area contributed by atoms with E-state index in [0.717, 1.165) is 12.4 Å². The van der Waals surface area contributed by atoms with Crippen LogP contribution < -0.4 is 5.32 Å². The third-order valence-electron chi connectivity index (χ3n) is 4.89. The summed E-state index contributed by atoms with van der Waals surface area (Å²) in [7, 11) is 0. The first-order valence-electron chi connectivity index (χ1n) is 9.61. The van der Waals surface area contributed by atoms with Crippen molar-refractivity contribution >= 4 is 12.4 Å². The number of amides is 1. The Balaban J connectivity index is 1.93. The van der Waals surface area contributed by atoms with Gasteiger partial charge in [0.1, 0.15) is 17.7 Å². The molecule has 1 N–H and O–H groups in total. The molecule has 1 aromatic heterocycles. The van der Waals surface area contributed by atoms with Crippen molar-refractivity contribution in [2.75, 3.05) is 0 Å². The SMILES string of the molecule is CC(C)(C)OC(=O)N[C@@H]1CC[C@@H](c2cccc(F)c2F)Cn2c(CC=O)cnc21. The standard InChI is InChI=1S/C21H25F2N3O3/c1-21(2,3)29-20(28)25-17-8-7-13(15-5-4-6-16(22)18(15)23)12-26-14(9-10-27)11-24-19(17)26/h4-6,10-11,13,17H,7-9,12H2,1-3H3,(H,25,28)/t13-,17-/m1/s1. The van der Waals surface area contributed by atoms with Gasteiger partial charge in [0.05, 0.1) is 6.04 Å². The largest absolute Gasteiger partial charge is 0.444 e. The molecule has 0 spiro atoms. The van der Waals surface area contributed by atoms with Crippen LogP contribution >= 0.6 is 0 Å². The molecule has 0 unspecified atom stereocenters. The molecule has 1 amide bonds. The van der Waals surface area contributed by atoms with E-state index in [1.54, 1.807) is 33.0 Å². The maximum absolute atomic E-state index is 14.4. The second-order valence-electron chi connectivity index (χ2n) is 8.21. The summed E-state index contributed by atoms with van der Waals surface area (Å²) in [6, 6.07) is 3.67. The van der Waals surface area contributed by atoms with E-state index in [2.05, 4.69) is 10.3 Å². The minimum atomic E-state index is -0.894. The third kappa shape index (κ3) is 4.81. The van der Waals surface area contributed by atoms with E-state index in [9.17, 15) is 18.4 Å². The van der Waals surface area contributed by atoms with E-state index >= 15 is 0 Å². The zero-order valence-electron chi connectivity index (χ0n) is 16.7. The van der Waals surface area contributed by atoms with Crippen molar-refractivity contribution in [1.82, 2.24) is 14.9 Å². The molecule has 29 heavy (non-hydrogen) atoms. The minimum Gasteiger partial charge on any atom is -0.444 e. The van der Waals surface area contributed by atoms with Crippen molar-refractivity contribution in [1.29, 1.82) is 0 Å². The molecule has 0 saturated carbocycles. The Labute approximate surface area is 168 Å². The fraction of sp³-hybridized carbons (Fsp3) is 0.476. The van der Waals surface area contributed by atoms with Crippen LogP contribution in [0.2, 0.25) is 0 Å². The van der Waals surface area contributed by atoms with Crippen LogP contribution in [0, 0.1) is 11.6 Å². The smallest absolute Gasteiger partial charge is 0.408 e. The molecule has 6 nitrogen and oxygen atoms in total. The molecule has 0 bridgehead atoms. The second-order valence-corrected chi connectivity index (χ2v) is 8.21. The Morgan fingerprint density at radius 1 is 1.34 bits per heavy atom. The van der Waals surface area contributed by atoms with Gasteiger partial charge in [0.25, 0.3) is 0 Å². The quantitative estimate of drug-likeness (QED) is 0.779. The summed E-state index contributed by atoms with van der Waals surface area (Å²) >= 11 is 0. The summed E-state index contributed by atoms with van der Waals surface area (Å²) in [4.78, 5) is 27.8. The summed E-state index contributed by atoms with van der Waals surface area (Å²) < 4.78 is 35.3. The van der Waals surface area contributed by atoms with Gasteiger partial charge in [0.2, 0.25) is 0 Å². The molecule has 0 saturated heterocycles. The number of hydrogen-bond acceptors (Lipinski definition) is 4. The van der Waals surface area contributed by atoms with Crippen molar-refractivity contribution in [3.63, 3.8) is 0 Å². The first-order valence-corrected chi connectivity index (χ1v) is 9.61. The van der Waals surface area contributed by atoms with Crippen LogP contribution in [0.15, 0.2) is 24.4 Å². The number of ether oxygens (including phenoxy) is 1. The number of nitrogens with one attached hydrogen (secondary N) is 1. The molecular formula is C21H25F2N3O3. The summed E-state index contributed by atoms with van der Waals surface area (Å²) in [6.07, 6.45) is 2.89. The van der Waals surface area contributed by atoms with Crippen LogP contribution in [0.3, 0.4) is 0 Å². The molecule has 1 aliphatic heterocycles. The van der Waals surface area contributed by atoms with E-state index in [4.69, 9.17) is 4.74 Å². The van der Waals surface area contributed by atoms with E-state index < -0.39 is 29.4 Å². The van der Waals surface area contributed by atoms with Crippen LogP contribution in [-0.4, -0.2) is 27.5 Å². The summed E-state index contributed by atoms with van der Waals surface area (Å²) in [5, 5.41) is 2.82. The number of aromatic nitrogens is 2. The van der Waals surface area contributed by atoms with Gasteiger partial charge in [-0.05, 0) is 45.2 Å². The average molecular weight is 405 g/mol. The first-order chi connectivity index (χ1) is 13.7. The predicted molar refractivity (Wildman–Crippen MR) is 102 cm³/mol. The van der Waals surface area contributed by atoms with Crippen LogP contribution in [-0.2, 0) is 22.5 Å². The lowest BCUT2D eigenvalue weighted by Gasteiger charge is -2.23. The average Bonchev–Trinajstić information content (AvgIpc) is 2.92. The number of imidazole rings is 1. The number of rotatable bonds is 4. The van der Waals surface area contributed by atoms with Gasteiger partial charge in [0.15, 0.2) is 11.6 Å². The predicted octanol–water partition coefficient (Wildman–Crippen LogP) is 4.05. The maximum Gasteiger partial charge on any atom is 0.408 e. The lowest BCUT2D eigenvalue weighted by atomic mass is 9.93. The highest BCUT2D eigenvalue weighted by Crippen LogP contribution is 2.35.